The smallest absolute Gasteiger partial charge is 0.228 e. The van der Waals surface area contributed by atoms with Crippen LogP contribution in [-0.2, 0) is 19.9 Å². The average molecular weight is 335 g/mol. The van der Waals surface area contributed by atoms with Gasteiger partial charge in [0.1, 0.15) is 4.21 Å². The summed E-state index contributed by atoms with van der Waals surface area (Å²) in [5, 5.41) is 1.72. The van der Waals surface area contributed by atoms with E-state index < -0.39 is 24.6 Å². The van der Waals surface area contributed by atoms with Gasteiger partial charge in [0.15, 0.2) is 9.84 Å². The highest BCUT2D eigenvalue weighted by atomic mass is 32.2. The Morgan fingerprint density at radius 3 is 2.50 bits per heavy atom. The molecule has 1 saturated carbocycles. The SMILES string of the molecule is O=S(=O)(c1cccs1)N1CCC2(CCC2)S(=O)(=O)CC1. The van der Waals surface area contributed by atoms with E-state index in [4.69, 9.17) is 0 Å². The highest BCUT2D eigenvalue weighted by molar-refractivity contribution is 7.93. The Bertz CT molecular complexity index is 687. The molecule has 0 unspecified atom stereocenters. The average Bonchev–Trinajstić information content (AvgIpc) is 2.80. The Morgan fingerprint density at radius 2 is 1.95 bits per heavy atom. The van der Waals surface area contributed by atoms with Crippen LogP contribution in [0.25, 0.3) is 0 Å². The van der Waals surface area contributed by atoms with E-state index in [1.807, 2.05) is 0 Å². The first-order valence-electron chi connectivity index (χ1n) is 6.63. The lowest BCUT2D eigenvalue weighted by molar-refractivity contribution is 0.302. The molecule has 1 aromatic rings. The Balaban J connectivity index is 1.88. The summed E-state index contributed by atoms with van der Waals surface area (Å²) in [6.07, 6.45) is 2.72. The summed E-state index contributed by atoms with van der Waals surface area (Å²) in [5.74, 6) is -0.0579. The third-order valence-electron chi connectivity index (χ3n) is 4.44. The van der Waals surface area contributed by atoms with E-state index in [1.54, 1.807) is 17.5 Å². The van der Waals surface area contributed by atoms with Crippen molar-refractivity contribution in [2.45, 2.75) is 34.6 Å². The van der Waals surface area contributed by atoms with Gasteiger partial charge in [-0.25, -0.2) is 16.8 Å². The van der Waals surface area contributed by atoms with E-state index in [0.29, 0.717) is 30.0 Å². The van der Waals surface area contributed by atoms with Gasteiger partial charge >= 0.3 is 0 Å². The van der Waals surface area contributed by atoms with Crippen molar-refractivity contribution in [1.29, 1.82) is 0 Å². The second kappa shape index (κ2) is 4.79. The summed E-state index contributed by atoms with van der Waals surface area (Å²) in [6.45, 7) is 0.379. The Hall–Kier alpha value is -0.440. The van der Waals surface area contributed by atoms with Crippen molar-refractivity contribution in [1.82, 2.24) is 4.31 Å². The molecular weight excluding hydrogens is 318 g/mol. The van der Waals surface area contributed by atoms with Gasteiger partial charge in [-0.15, -0.1) is 11.3 Å². The Morgan fingerprint density at radius 1 is 1.20 bits per heavy atom. The minimum absolute atomic E-state index is 0.0579. The minimum Gasteiger partial charge on any atom is -0.228 e. The Kier molecular flexibility index (Phi) is 3.47. The first-order valence-corrected chi connectivity index (χ1v) is 10.6. The van der Waals surface area contributed by atoms with E-state index in [-0.39, 0.29) is 12.3 Å². The zero-order valence-corrected chi connectivity index (χ0v) is 13.4. The summed E-state index contributed by atoms with van der Waals surface area (Å²) in [4.78, 5) is 0. The van der Waals surface area contributed by atoms with E-state index >= 15 is 0 Å². The molecule has 20 heavy (non-hydrogen) atoms. The van der Waals surface area contributed by atoms with Gasteiger partial charge in [0.05, 0.1) is 10.5 Å². The minimum atomic E-state index is -3.54. The topological polar surface area (TPSA) is 71.5 Å². The molecule has 0 bridgehead atoms. The molecule has 8 heteroatoms. The summed E-state index contributed by atoms with van der Waals surface area (Å²) in [6, 6.07) is 3.26. The molecule has 5 nitrogen and oxygen atoms in total. The van der Waals surface area contributed by atoms with Crippen molar-refractivity contribution in [2.75, 3.05) is 18.8 Å². The van der Waals surface area contributed by atoms with Crippen LogP contribution in [-0.4, -0.2) is 44.7 Å². The summed E-state index contributed by atoms with van der Waals surface area (Å²) in [7, 11) is -6.73. The Labute approximate surface area is 123 Å². The molecule has 0 radical (unpaired) electrons. The molecule has 2 fully saturated rings. The lowest BCUT2D eigenvalue weighted by Crippen LogP contribution is -2.46. The van der Waals surface area contributed by atoms with Crippen LogP contribution in [0.2, 0.25) is 0 Å². The van der Waals surface area contributed by atoms with Crippen LogP contribution in [0.3, 0.4) is 0 Å². The van der Waals surface area contributed by atoms with Gasteiger partial charge in [0, 0.05) is 13.1 Å². The highest BCUT2D eigenvalue weighted by Crippen LogP contribution is 2.44. The summed E-state index contributed by atoms with van der Waals surface area (Å²) < 4.78 is 50.6. The number of nitrogens with zero attached hydrogens (tertiary/aromatic N) is 1. The van der Waals surface area contributed by atoms with Crippen LogP contribution in [0.15, 0.2) is 21.7 Å². The van der Waals surface area contributed by atoms with Gasteiger partial charge in [-0.05, 0) is 30.7 Å². The van der Waals surface area contributed by atoms with Crippen molar-refractivity contribution in [3.8, 4) is 0 Å². The maximum Gasteiger partial charge on any atom is 0.252 e. The quantitative estimate of drug-likeness (QED) is 0.821. The largest absolute Gasteiger partial charge is 0.252 e. The monoisotopic (exact) mass is 335 g/mol. The first kappa shape index (κ1) is 14.5. The third kappa shape index (κ3) is 2.13. The molecule has 1 saturated heterocycles. The maximum absolute atomic E-state index is 12.5. The fraction of sp³-hybridized carbons (Fsp3) is 0.667. The molecule has 0 aromatic carbocycles. The van der Waals surface area contributed by atoms with Crippen molar-refractivity contribution in [3.05, 3.63) is 17.5 Å². The maximum atomic E-state index is 12.5. The van der Waals surface area contributed by atoms with Crippen molar-refractivity contribution in [2.24, 2.45) is 0 Å². The molecule has 1 spiro atoms. The predicted molar refractivity (Wildman–Crippen MR) is 78.1 cm³/mol. The van der Waals surface area contributed by atoms with Crippen molar-refractivity contribution < 1.29 is 16.8 Å². The number of thiophene rings is 1. The van der Waals surface area contributed by atoms with E-state index in [9.17, 15) is 16.8 Å². The molecule has 112 valence electrons. The van der Waals surface area contributed by atoms with E-state index in [0.717, 1.165) is 6.42 Å². The van der Waals surface area contributed by atoms with E-state index in [1.165, 1.54) is 15.6 Å². The molecule has 0 N–H and O–H groups in total. The lowest BCUT2D eigenvalue weighted by Gasteiger charge is -2.39. The van der Waals surface area contributed by atoms with Crippen LogP contribution in [0, 0.1) is 0 Å². The van der Waals surface area contributed by atoms with Gasteiger partial charge in [-0.2, -0.15) is 4.31 Å². The van der Waals surface area contributed by atoms with Crippen molar-refractivity contribution in [3.63, 3.8) is 0 Å². The standard InChI is InChI=1S/C12H17NO4S3/c14-19(15)10-8-13(7-6-12(19)4-2-5-12)20(16,17)11-3-1-9-18-11/h1,3,9H,2,4-8,10H2. The predicted octanol–water partition coefficient (Wildman–Crippen LogP) is 1.48. The van der Waals surface area contributed by atoms with Gasteiger partial charge in [-0.3, -0.25) is 0 Å². The number of sulfone groups is 1. The van der Waals surface area contributed by atoms with Crippen molar-refractivity contribution >= 4 is 31.2 Å². The highest BCUT2D eigenvalue weighted by Gasteiger charge is 2.50. The van der Waals surface area contributed by atoms with Gasteiger partial charge in [-0.1, -0.05) is 12.5 Å². The number of rotatable bonds is 2. The van der Waals surface area contributed by atoms with Crippen LogP contribution in [0.4, 0.5) is 0 Å². The fourth-order valence-corrected chi connectivity index (χ4v) is 7.85. The van der Waals surface area contributed by atoms with Gasteiger partial charge in [0.25, 0.3) is 10.0 Å². The van der Waals surface area contributed by atoms with Gasteiger partial charge in [0.2, 0.25) is 0 Å². The van der Waals surface area contributed by atoms with E-state index in [2.05, 4.69) is 0 Å². The third-order valence-corrected chi connectivity index (χ3v) is 10.4. The molecule has 1 aliphatic heterocycles. The molecule has 3 rings (SSSR count). The number of hydrogen-bond donors (Lipinski definition) is 0. The first-order chi connectivity index (χ1) is 9.37. The molecule has 1 aliphatic carbocycles. The molecule has 0 atom stereocenters. The number of sulfonamides is 1. The zero-order valence-electron chi connectivity index (χ0n) is 11.0. The molecule has 1 aromatic heterocycles. The summed E-state index contributed by atoms with van der Waals surface area (Å²) in [5.41, 5.74) is 0. The second-order valence-corrected chi connectivity index (χ2v) is 11.1. The molecule has 0 amide bonds. The van der Waals surface area contributed by atoms with Gasteiger partial charge < -0.3 is 0 Å². The molecule has 2 aliphatic rings. The van der Waals surface area contributed by atoms with Crippen LogP contribution in [0.1, 0.15) is 25.7 Å². The second-order valence-electron chi connectivity index (χ2n) is 5.44. The molecule has 2 heterocycles. The summed E-state index contributed by atoms with van der Waals surface area (Å²) >= 11 is 1.17. The fourth-order valence-electron chi connectivity index (χ4n) is 2.94. The number of hydrogen-bond acceptors (Lipinski definition) is 5. The van der Waals surface area contributed by atoms with Crippen LogP contribution < -0.4 is 0 Å². The van der Waals surface area contributed by atoms with Crippen LogP contribution >= 0.6 is 11.3 Å². The normalized spacial score (nSPS) is 26.0. The zero-order chi connectivity index (χ0) is 14.4. The van der Waals surface area contributed by atoms with Crippen LogP contribution in [0.5, 0.6) is 0 Å². The lowest BCUT2D eigenvalue weighted by atomic mass is 9.82. The molecular formula is C12H17NO4S3.